The molecule has 0 unspecified atom stereocenters. The molecule has 0 saturated carbocycles. The normalized spacial score (nSPS) is 14.3. The summed E-state index contributed by atoms with van der Waals surface area (Å²) in [5, 5.41) is 2.03. The number of aromatic nitrogens is 2. The van der Waals surface area contributed by atoms with Gasteiger partial charge in [-0.1, -0.05) is 141 Å². The Morgan fingerprint density at radius 3 is 1.40 bits per heavy atom. The van der Waals surface area contributed by atoms with Gasteiger partial charge in [0, 0.05) is 16.5 Å². The van der Waals surface area contributed by atoms with Crippen LogP contribution in [0.2, 0.25) is 0 Å². The van der Waals surface area contributed by atoms with E-state index in [-0.39, 0.29) is 5.41 Å². The van der Waals surface area contributed by atoms with E-state index in [0.717, 1.165) is 43.3 Å². The maximum absolute atomic E-state index is 5.10. The van der Waals surface area contributed by atoms with E-state index in [2.05, 4.69) is 196 Å². The molecule has 2 aromatic heterocycles. The summed E-state index contributed by atoms with van der Waals surface area (Å²) >= 11 is 3.49. The number of hydrogen-bond donors (Lipinski definition) is 0. The molecule has 12 rings (SSSR count). The summed E-state index contributed by atoms with van der Waals surface area (Å²) in [6.07, 6.45) is 0. The van der Waals surface area contributed by atoms with Gasteiger partial charge in [0.1, 0.15) is 10.0 Å². The monoisotopic (exact) mass is 776 g/mol. The molecule has 0 radical (unpaired) electrons. The molecule has 2 aliphatic rings. The lowest BCUT2D eigenvalue weighted by atomic mass is 9.55. The molecule has 0 atom stereocenters. The van der Waals surface area contributed by atoms with Crippen molar-refractivity contribution in [1.82, 2.24) is 9.97 Å². The molecular formula is C54H36N2S2. The highest BCUT2D eigenvalue weighted by Gasteiger charge is 2.53. The van der Waals surface area contributed by atoms with E-state index in [1.54, 1.807) is 22.7 Å². The Bertz CT molecular complexity index is 3090. The summed E-state index contributed by atoms with van der Waals surface area (Å²) in [5.41, 5.74) is 19.3. The van der Waals surface area contributed by atoms with Crippen molar-refractivity contribution >= 4 is 43.1 Å². The zero-order valence-electron chi connectivity index (χ0n) is 32.0. The third kappa shape index (κ3) is 4.82. The van der Waals surface area contributed by atoms with Crippen molar-refractivity contribution < 1.29 is 0 Å². The first kappa shape index (κ1) is 33.7. The van der Waals surface area contributed by atoms with Gasteiger partial charge in [-0.05, 0) is 121 Å². The van der Waals surface area contributed by atoms with Gasteiger partial charge in [0.25, 0.3) is 0 Å². The second kappa shape index (κ2) is 12.5. The zero-order valence-corrected chi connectivity index (χ0v) is 33.7. The van der Waals surface area contributed by atoms with Gasteiger partial charge >= 0.3 is 0 Å². The van der Waals surface area contributed by atoms with E-state index in [4.69, 9.17) is 9.97 Å². The molecule has 1 spiro atoms. The van der Waals surface area contributed by atoms with Crippen LogP contribution >= 0.6 is 22.7 Å². The zero-order chi connectivity index (χ0) is 38.6. The fourth-order valence-electron chi connectivity index (χ4n) is 9.95. The lowest BCUT2D eigenvalue weighted by molar-refractivity contribution is 0.563. The smallest absolute Gasteiger partial charge is 0.124 e. The van der Waals surface area contributed by atoms with Crippen molar-refractivity contribution in [2.75, 3.05) is 0 Å². The third-order valence-electron chi connectivity index (χ3n) is 12.6. The summed E-state index contributed by atoms with van der Waals surface area (Å²) in [6.45, 7) is 4.79. The first-order valence-electron chi connectivity index (χ1n) is 19.9. The summed E-state index contributed by atoms with van der Waals surface area (Å²) in [6, 6.07) is 67.4. The van der Waals surface area contributed by atoms with Gasteiger partial charge in [0.15, 0.2) is 0 Å². The summed E-state index contributed by atoms with van der Waals surface area (Å²) in [7, 11) is 0. The maximum atomic E-state index is 5.10. The number of benzene rings is 8. The van der Waals surface area contributed by atoms with Gasteiger partial charge in [-0.3, -0.25) is 0 Å². The van der Waals surface area contributed by atoms with E-state index in [1.165, 1.54) is 65.0 Å². The standard InChI is InChI=1S/C54H36N2S2/c1-53(2)43-20-7-8-21-45(43)54(41-18-5-3-16-39(41)40-17-4-6-19-42(40)54)46-32-35(26-27-44(46)53)33-14-13-15-34(28-33)36-29-37(51-55-47-22-9-11-24-49(47)57-51)31-38(30-36)52-56-48-23-10-12-25-50(48)58-52/h3-32H,1-2H3. The Labute approximate surface area is 345 Å². The van der Waals surface area contributed by atoms with Crippen molar-refractivity contribution in [1.29, 1.82) is 0 Å². The van der Waals surface area contributed by atoms with Gasteiger partial charge in [0.05, 0.1) is 25.8 Å². The van der Waals surface area contributed by atoms with Crippen LogP contribution < -0.4 is 0 Å². The highest BCUT2D eigenvalue weighted by Crippen LogP contribution is 2.62. The van der Waals surface area contributed by atoms with Crippen LogP contribution in [0.4, 0.5) is 0 Å². The molecule has 58 heavy (non-hydrogen) atoms. The maximum Gasteiger partial charge on any atom is 0.124 e. The van der Waals surface area contributed by atoms with Gasteiger partial charge in [-0.25, -0.2) is 9.97 Å². The predicted octanol–water partition coefficient (Wildman–Crippen LogP) is 14.6. The quantitative estimate of drug-likeness (QED) is 0.178. The van der Waals surface area contributed by atoms with Crippen LogP contribution in [-0.4, -0.2) is 9.97 Å². The lowest BCUT2D eigenvalue weighted by Gasteiger charge is -2.46. The summed E-state index contributed by atoms with van der Waals surface area (Å²) in [5.74, 6) is 0. The molecule has 2 nitrogen and oxygen atoms in total. The minimum Gasteiger partial charge on any atom is -0.236 e. The minimum absolute atomic E-state index is 0.178. The van der Waals surface area contributed by atoms with E-state index >= 15 is 0 Å². The SMILES string of the molecule is CC1(C)c2ccccc2C2(c3ccccc3-c3ccccc32)c2cc(-c3cccc(-c4cc(-c5nc6ccccc6s5)cc(-c5nc6ccccc6s5)c4)c3)ccc21. The molecule has 0 fully saturated rings. The average Bonchev–Trinajstić information content (AvgIpc) is 3.99. The van der Waals surface area contributed by atoms with E-state index in [1.807, 2.05) is 0 Å². The molecule has 10 aromatic rings. The van der Waals surface area contributed by atoms with Crippen LogP contribution in [0.3, 0.4) is 0 Å². The van der Waals surface area contributed by atoms with E-state index in [9.17, 15) is 0 Å². The van der Waals surface area contributed by atoms with Crippen molar-refractivity contribution in [3.8, 4) is 54.5 Å². The third-order valence-corrected chi connectivity index (χ3v) is 14.8. The first-order chi connectivity index (χ1) is 28.5. The van der Waals surface area contributed by atoms with Crippen LogP contribution in [-0.2, 0) is 10.8 Å². The Morgan fingerprint density at radius 2 is 0.793 bits per heavy atom. The van der Waals surface area contributed by atoms with Crippen LogP contribution in [0.15, 0.2) is 182 Å². The molecule has 8 aromatic carbocycles. The minimum atomic E-state index is -0.431. The highest BCUT2D eigenvalue weighted by molar-refractivity contribution is 7.22. The van der Waals surface area contributed by atoms with Crippen molar-refractivity contribution in [3.05, 3.63) is 215 Å². The Kier molecular flexibility index (Phi) is 7.26. The number of rotatable bonds is 4. The fraction of sp³-hybridized carbons (Fsp3) is 0.0741. The van der Waals surface area contributed by atoms with Gasteiger partial charge in [-0.2, -0.15) is 0 Å². The molecule has 0 aliphatic heterocycles. The van der Waals surface area contributed by atoms with Gasteiger partial charge in [0.2, 0.25) is 0 Å². The van der Waals surface area contributed by atoms with Crippen molar-refractivity contribution in [3.63, 3.8) is 0 Å². The molecule has 0 amide bonds. The molecule has 2 heterocycles. The number of hydrogen-bond acceptors (Lipinski definition) is 4. The summed E-state index contributed by atoms with van der Waals surface area (Å²) < 4.78 is 2.38. The Balaban J connectivity index is 1.05. The van der Waals surface area contributed by atoms with Crippen LogP contribution in [0.1, 0.15) is 47.2 Å². The summed E-state index contributed by atoms with van der Waals surface area (Å²) in [4.78, 5) is 10.2. The fourth-order valence-corrected chi connectivity index (χ4v) is 11.9. The van der Waals surface area contributed by atoms with Crippen molar-refractivity contribution in [2.24, 2.45) is 0 Å². The highest BCUT2D eigenvalue weighted by atomic mass is 32.1. The van der Waals surface area contributed by atoms with Gasteiger partial charge < -0.3 is 0 Å². The average molecular weight is 777 g/mol. The number of para-hydroxylation sites is 2. The van der Waals surface area contributed by atoms with Crippen LogP contribution in [0, 0.1) is 0 Å². The van der Waals surface area contributed by atoms with Crippen LogP contribution in [0.25, 0.3) is 75.0 Å². The molecule has 274 valence electrons. The number of nitrogens with zero attached hydrogens (tertiary/aromatic N) is 2. The second-order valence-corrected chi connectivity index (χ2v) is 18.2. The van der Waals surface area contributed by atoms with E-state index < -0.39 is 5.41 Å². The molecule has 0 bridgehead atoms. The largest absolute Gasteiger partial charge is 0.236 e. The first-order valence-corrected chi connectivity index (χ1v) is 21.5. The molecular weight excluding hydrogens is 741 g/mol. The topological polar surface area (TPSA) is 25.8 Å². The molecule has 0 N–H and O–H groups in total. The number of thiazole rings is 2. The van der Waals surface area contributed by atoms with Gasteiger partial charge in [-0.15, -0.1) is 22.7 Å². The number of fused-ring (bicyclic) bond motifs is 11. The Hall–Kier alpha value is -6.46. The molecule has 4 heteroatoms. The van der Waals surface area contributed by atoms with Crippen molar-refractivity contribution in [2.45, 2.75) is 24.7 Å². The van der Waals surface area contributed by atoms with E-state index in [0.29, 0.717) is 0 Å². The predicted molar refractivity (Wildman–Crippen MR) is 244 cm³/mol. The lowest BCUT2D eigenvalue weighted by Crippen LogP contribution is -2.40. The second-order valence-electron chi connectivity index (χ2n) is 16.1. The van der Waals surface area contributed by atoms with Crippen LogP contribution in [0.5, 0.6) is 0 Å². The Morgan fingerprint density at radius 1 is 0.345 bits per heavy atom. The molecule has 0 saturated heterocycles. The molecule has 2 aliphatic carbocycles.